The van der Waals surface area contributed by atoms with E-state index in [1.165, 1.54) is 12.1 Å². The van der Waals surface area contributed by atoms with E-state index in [1.807, 2.05) is 30.3 Å². The Balaban J connectivity index is 1.42. The van der Waals surface area contributed by atoms with Crippen LogP contribution in [0.25, 0.3) is 55.6 Å². The normalized spacial score (nSPS) is 11.9. The summed E-state index contributed by atoms with van der Waals surface area (Å²) in [4.78, 5) is 12.1. The number of aromatic nitrogens is 5. The summed E-state index contributed by atoms with van der Waals surface area (Å²) in [5, 5.41) is 9.33. The number of pyridine rings is 2. The summed E-state index contributed by atoms with van der Waals surface area (Å²) in [5.41, 5.74) is 6.68. The number of fused-ring (bicyclic) bond motifs is 2. The molecule has 2 aromatic carbocycles. The Kier molecular flexibility index (Phi) is 6.09. The molecule has 0 radical (unpaired) electrons. The zero-order valence-electron chi connectivity index (χ0n) is 21.0. The highest BCUT2D eigenvalue weighted by Crippen LogP contribution is 2.35. The molecule has 4 aromatic heterocycles. The van der Waals surface area contributed by atoms with E-state index in [1.54, 1.807) is 37.8 Å². The smallest absolute Gasteiger partial charge is 0.209 e. The Morgan fingerprint density at radius 3 is 2.67 bits per heavy atom. The van der Waals surface area contributed by atoms with E-state index in [2.05, 4.69) is 29.9 Å². The number of H-pyrrole nitrogens is 2. The van der Waals surface area contributed by atoms with E-state index in [0.717, 1.165) is 44.9 Å². The monoisotopic (exact) mass is 542 g/mol. The highest BCUT2D eigenvalue weighted by molar-refractivity contribution is 7.88. The first-order chi connectivity index (χ1) is 18.8. The first kappa shape index (κ1) is 24.7. The van der Waals surface area contributed by atoms with Crippen LogP contribution in [0.5, 0.6) is 5.75 Å². The number of halogens is 1. The lowest BCUT2D eigenvalue weighted by Gasteiger charge is -2.08. The van der Waals surface area contributed by atoms with Crippen molar-refractivity contribution in [2.75, 3.05) is 13.4 Å². The van der Waals surface area contributed by atoms with Crippen molar-refractivity contribution in [2.24, 2.45) is 0 Å². The van der Waals surface area contributed by atoms with Gasteiger partial charge in [-0.05, 0) is 70.8 Å². The number of ether oxygens (including phenoxy) is 1. The molecule has 196 valence electrons. The molecule has 39 heavy (non-hydrogen) atoms. The average molecular weight is 543 g/mol. The molecule has 0 spiro atoms. The van der Waals surface area contributed by atoms with Crippen LogP contribution in [0, 0.1) is 5.82 Å². The Morgan fingerprint density at radius 2 is 1.85 bits per heavy atom. The number of sulfonamides is 1. The lowest BCUT2D eigenvalue weighted by Crippen LogP contribution is -2.21. The molecule has 6 rings (SSSR count). The van der Waals surface area contributed by atoms with Gasteiger partial charge in [0, 0.05) is 35.3 Å². The Hall–Kier alpha value is -4.61. The molecule has 0 amide bonds. The van der Waals surface area contributed by atoms with E-state index in [4.69, 9.17) is 4.74 Å². The molecule has 4 heterocycles. The predicted molar refractivity (Wildman–Crippen MR) is 148 cm³/mol. The number of hydrogen-bond donors (Lipinski definition) is 3. The van der Waals surface area contributed by atoms with Gasteiger partial charge in [0.15, 0.2) is 0 Å². The van der Waals surface area contributed by atoms with E-state index in [0.29, 0.717) is 28.2 Å². The fourth-order valence-corrected chi connectivity index (χ4v) is 5.04. The first-order valence-electron chi connectivity index (χ1n) is 12.0. The van der Waals surface area contributed by atoms with Crippen molar-refractivity contribution in [1.29, 1.82) is 0 Å². The molecule has 6 aromatic rings. The minimum Gasteiger partial charge on any atom is -0.495 e. The molecule has 0 fully saturated rings. The van der Waals surface area contributed by atoms with E-state index in [-0.39, 0.29) is 6.54 Å². The first-order valence-corrected chi connectivity index (χ1v) is 13.9. The number of methoxy groups -OCH3 is 1. The van der Waals surface area contributed by atoms with Gasteiger partial charge in [0.1, 0.15) is 22.9 Å². The maximum Gasteiger partial charge on any atom is 0.209 e. The second-order valence-corrected chi connectivity index (χ2v) is 11.0. The van der Waals surface area contributed by atoms with Gasteiger partial charge >= 0.3 is 0 Å². The molecular formula is C28H23FN6O3S. The van der Waals surface area contributed by atoms with Gasteiger partial charge in [-0.3, -0.25) is 10.1 Å². The molecule has 0 saturated heterocycles. The summed E-state index contributed by atoms with van der Waals surface area (Å²) in [6.45, 7) is -0.0133. The maximum absolute atomic E-state index is 14.5. The molecule has 0 saturated carbocycles. The van der Waals surface area contributed by atoms with Crippen LogP contribution in [0.15, 0.2) is 73.2 Å². The molecular weight excluding hydrogens is 519 g/mol. The Bertz CT molecular complexity index is 1970. The standard InChI is InChI=1S/C28H23FN6O3S/c1-38-21-10-19(14-30-15-21)17-3-4-25-24(11-17)27(35-34-25)26-12-23-22(5-6-31-28(23)33-26)18-7-16(8-20(29)9-18)13-32-39(2,36)37/h3-12,14-15,32H,13H2,1-2H3,(H,31,33)(H,34,35). The highest BCUT2D eigenvalue weighted by Gasteiger charge is 2.16. The molecule has 0 bridgehead atoms. The van der Waals surface area contributed by atoms with Crippen molar-refractivity contribution in [1.82, 2.24) is 29.9 Å². The third kappa shape index (κ3) is 4.97. The number of benzene rings is 2. The largest absolute Gasteiger partial charge is 0.495 e. The van der Waals surface area contributed by atoms with Gasteiger partial charge in [0.2, 0.25) is 10.0 Å². The Labute approximate surface area is 223 Å². The van der Waals surface area contributed by atoms with E-state index >= 15 is 0 Å². The lowest BCUT2D eigenvalue weighted by molar-refractivity contribution is 0.413. The zero-order chi connectivity index (χ0) is 27.1. The summed E-state index contributed by atoms with van der Waals surface area (Å²) in [6.07, 6.45) is 6.15. The number of rotatable bonds is 7. The van der Waals surface area contributed by atoms with E-state index in [9.17, 15) is 12.8 Å². The number of nitrogens with one attached hydrogen (secondary N) is 3. The van der Waals surface area contributed by atoms with Crippen LogP contribution >= 0.6 is 0 Å². The average Bonchev–Trinajstić information content (AvgIpc) is 3.55. The quantitative estimate of drug-likeness (QED) is 0.260. The van der Waals surface area contributed by atoms with Crippen LogP contribution in [0.3, 0.4) is 0 Å². The summed E-state index contributed by atoms with van der Waals surface area (Å²) in [7, 11) is -1.81. The lowest BCUT2D eigenvalue weighted by atomic mass is 10.0. The molecule has 11 heteroatoms. The van der Waals surface area contributed by atoms with Gasteiger partial charge in [0.25, 0.3) is 0 Å². The van der Waals surface area contributed by atoms with Crippen LogP contribution < -0.4 is 9.46 Å². The van der Waals surface area contributed by atoms with Gasteiger partial charge in [-0.15, -0.1) is 0 Å². The number of aromatic amines is 2. The maximum atomic E-state index is 14.5. The molecule has 0 unspecified atom stereocenters. The molecule has 0 atom stereocenters. The minimum atomic E-state index is -3.42. The van der Waals surface area contributed by atoms with Crippen molar-refractivity contribution in [3.05, 3.63) is 84.6 Å². The van der Waals surface area contributed by atoms with Gasteiger partial charge < -0.3 is 9.72 Å². The molecule has 0 aliphatic carbocycles. The Morgan fingerprint density at radius 1 is 0.974 bits per heavy atom. The van der Waals surface area contributed by atoms with Crippen molar-refractivity contribution >= 4 is 32.0 Å². The SMILES string of the molecule is COc1cncc(-c2ccc3[nH]nc(-c4cc5c(-c6cc(F)cc(CNS(C)(=O)=O)c6)ccnc5[nH]4)c3c2)c1. The summed E-state index contributed by atoms with van der Waals surface area (Å²) in [5.74, 6) is 0.207. The fourth-order valence-electron chi connectivity index (χ4n) is 4.62. The van der Waals surface area contributed by atoms with Crippen LogP contribution in [0.2, 0.25) is 0 Å². The minimum absolute atomic E-state index is 0.0133. The predicted octanol–water partition coefficient (Wildman–Crippen LogP) is 5.03. The molecule has 9 nitrogen and oxygen atoms in total. The van der Waals surface area contributed by atoms with Crippen molar-refractivity contribution < 1.29 is 17.5 Å². The van der Waals surface area contributed by atoms with Crippen LogP contribution in [0.4, 0.5) is 4.39 Å². The van der Waals surface area contributed by atoms with E-state index < -0.39 is 15.8 Å². The summed E-state index contributed by atoms with van der Waals surface area (Å²) in [6, 6.07) is 16.2. The second-order valence-electron chi connectivity index (χ2n) is 9.19. The summed E-state index contributed by atoms with van der Waals surface area (Å²) >= 11 is 0. The molecule has 3 N–H and O–H groups in total. The van der Waals surface area contributed by atoms with Gasteiger partial charge in [0.05, 0.1) is 30.8 Å². The van der Waals surface area contributed by atoms with Crippen molar-refractivity contribution in [3.8, 4) is 39.4 Å². The number of hydrogen-bond acceptors (Lipinski definition) is 6. The van der Waals surface area contributed by atoms with Gasteiger partial charge in [-0.25, -0.2) is 22.5 Å². The van der Waals surface area contributed by atoms with Crippen LogP contribution in [-0.2, 0) is 16.6 Å². The van der Waals surface area contributed by atoms with Crippen molar-refractivity contribution in [3.63, 3.8) is 0 Å². The topological polar surface area (TPSA) is 126 Å². The second kappa shape index (κ2) is 9.61. The third-order valence-corrected chi connectivity index (χ3v) is 7.11. The molecule has 0 aliphatic heterocycles. The summed E-state index contributed by atoms with van der Waals surface area (Å²) < 4.78 is 45.3. The van der Waals surface area contributed by atoms with Crippen molar-refractivity contribution in [2.45, 2.75) is 6.54 Å². The van der Waals surface area contributed by atoms with Gasteiger partial charge in [-0.1, -0.05) is 6.07 Å². The van der Waals surface area contributed by atoms with Crippen LogP contribution in [0.1, 0.15) is 5.56 Å². The van der Waals surface area contributed by atoms with Gasteiger partial charge in [-0.2, -0.15) is 5.10 Å². The highest BCUT2D eigenvalue weighted by atomic mass is 32.2. The third-order valence-electron chi connectivity index (χ3n) is 6.44. The number of nitrogens with zero attached hydrogens (tertiary/aromatic N) is 3. The zero-order valence-corrected chi connectivity index (χ0v) is 21.8. The fraction of sp³-hybridized carbons (Fsp3) is 0.107. The molecule has 0 aliphatic rings. The van der Waals surface area contributed by atoms with Crippen LogP contribution in [-0.4, -0.2) is 46.9 Å².